The lowest BCUT2D eigenvalue weighted by Gasteiger charge is -2.20. The molecule has 3 rings (SSSR count). The molecular formula is C17H23BrN6O. The molecule has 134 valence electrons. The van der Waals surface area contributed by atoms with Gasteiger partial charge in [-0.1, -0.05) is 21.1 Å². The number of aromatic nitrogens is 2. The molecule has 0 amide bonds. The van der Waals surface area contributed by atoms with Crippen LogP contribution in [-0.2, 0) is 6.54 Å². The first kappa shape index (κ1) is 17.7. The second-order valence-corrected chi connectivity index (χ2v) is 6.89. The molecule has 1 fully saturated rings. The molecule has 1 unspecified atom stereocenters. The number of halogens is 1. The SMILES string of the molecule is CCNC(=NCc1noc(C)n1)NC1CCN(c2ccc(Br)cc2)C1. The average molecular weight is 407 g/mol. The van der Waals surface area contributed by atoms with Crippen molar-refractivity contribution in [3.8, 4) is 0 Å². The second kappa shape index (κ2) is 8.33. The Morgan fingerprint density at radius 2 is 2.20 bits per heavy atom. The molecule has 2 N–H and O–H groups in total. The number of rotatable bonds is 5. The van der Waals surface area contributed by atoms with Crippen molar-refractivity contribution in [1.29, 1.82) is 0 Å². The van der Waals surface area contributed by atoms with E-state index in [-0.39, 0.29) is 0 Å². The highest BCUT2D eigenvalue weighted by Gasteiger charge is 2.23. The molecule has 1 atom stereocenters. The van der Waals surface area contributed by atoms with E-state index < -0.39 is 0 Å². The van der Waals surface area contributed by atoms with Crippen molar-refractivity contribution in [2.75, 3.05) is 24.5 Å². The molecule has 0 aliphatic carbocycles. The summed E-state index contributed by atoms with van der Waals surface area (Å²) in [5.41, 5.74) is 1.25. The van der Waals surface area contributed by atoms with E-state index in [4.69, 9.17) is 4.52 Å². The third kappa shape index (κ3) is 4.94. The molecule has 0 radical (unpaired) electrons. The Morgan fingerprint density at radius 3 is 2.88 bits per heavy atom. The van der Waals surface area contributed by atoms with Crippen LogP contribution in [0.2, 0.25) is 0 Å². The lowest BCUT2D eigenvalue weighted by molar-refractivity contribution is 0.387. The minimum Gasteiger partial charge on any atom is -0.369 e. The fraction of sp³-hybridized carbons (Fsp3) is 0.471. The maximum absolute atomic E-state index is 4.98. The first-order valence-electron chi connectivity index (χ1n) is 8.48. The zero-order valence-corrected chi connectivity index (χ0v) is 16.1. The number of hydrogen-bond acceptors (Lipinski definition) is 5. The highest BCUT2D eigenvalue weighted by Crippen LogP contribution is 2.22. The van der Waals surface area contributed by atoms with Gasteiger partial charge in [0.15, 0.2) is 11.8 Å². The minimum atomic E-state index is 0.355. The van der Waals surface area contributed by atoms with Crippen LogP contribution in [0.15, 0.2) is 38.3 Å². The van der Waals surface area contributed by atoms with Crippen LogP contribution < -0.4 is 15.5 Å². The van der Waals surface area contributed by atoms with Gasteiger partial charge in [-0.2, -0.15) is 4.98 Å². The summed E-state index contributed by atoms with van der Waals surface area (Å²) in [5, 5.41) is 10.7. The predicted molar refractivity (Wildman–Crippen MR) is 102 cm³/mol. The van der Waals surface area contributed by atoms with Crippen LogP contribution in [0.5, 0.6) is 0 Å². The van der Waals surface area contributed by atoms with Gasteiger partial charge in [0.2, 0.25) is 5.89 Å². The quantitative estimate of drug-likeness (QED) is 0.586. The summed E-state index contributed by atoms with van der Waals surface area (Å²) < 4.78 is 6.08. The minimum absolute atomic E-state index is 0.355. The third-order valence-corrected chi connectivity index (χ3v) is 4.54. The van der Waals surface area contributed by atoms with Gasteiger partial charge >= 0.3 is 0 Å². The number of aryl methyl sites for hydroxylation is 1. The van der Waals surface area contributed by atoms with E-state index in [1.807, 2.05) is 0 Å². The molecule has 25 heavy (non-hydrogen) atoms. The maximum atomic E-state index is 4.98. The number of hydrogen-bond donors (Lipinski definition) is 2. The lowest BCUT2D eigenvalue weighted by Crippen LogP contribution is -2.44. The van der Waals surface area contributed by atoms with E-state index >= 15 is 0 Å². The molecule has 1 saturated heterocycles. The summed E-state index contributed by atoms with van der Waals surface area (Å²) in [6, 6.07) is 8.80. The van der Waals surface area contributed by atoms with Crippen molar-refractivity contribution < 1.29 is 4.52 Å². The van der Waals surface area contributed by atoms with E-state index in [9.17, 15) is 0 Å². The van der Waals surface area contributed by atoms with E-state index in [0.29, 0.717) is 24.3 Å². The summed E-state index contributed by atoms with van der Waals surface area (Å²) in [6.07, 6.45) is 1.07. The van der Waals surface area contributed by atoms with Gasteiger partial charge in [0.1, 0.15) is 6.54 Å². The predicted octanol–water partition coefficient (Wildman–Crippen LogP) is 2.47. The summed E-state index contributed by atoms with van der Waals surface area (Å²) >= 11 is 3.48. The van der Waals surface area contributed by atoms with Gasteiger partial charge < -0.3 is 20.1 Å². The smallest absolute Gasteiger partial charge is 0.223 e. The Hall–Kier alpha value is -2.09. The van der Waals surface area contributed by atoms with Crippen molar-refractivity contribution >= 4 is 27.6 Å². The topological polar surface area (TPSA) is 78.6 Å². The summed E-state index contributed by atoms with van der Waals surface area (Å²) in [4.78, 5) is 11.1. The van der Waals surface area contributed by atoms with Crippen molar-refractivity contribution in [2.24, 2.45) is 4.99 Å². The Labute approximate surface area is 156 Å². The molecule has 7 nitrogen and oxygen atoms in total. The third-order valence-electron chi connectivity index (χ3n) is 4.01. The molecule has 0 spiro atoms. The highest BCUT2D eigenvalue weighted by molar-refractivity contribution is 9.10. The average Bonchev–Trinajstić information content (AvgIpc) is 3.23. The fourth-order valence-electron chi connectivity index (χ4n) is 2.83. The van der Waals surface area contributed by atoms with Gasteiger partial charge in [-0.15, -0.1) is 0 Å². The van der Waals surface area contributed by atoms with Gasteiger partial charge in [0.25, 0.3) is 0 Å². The van der Waals surface area contributed by atoms with Crippen LogP contribution >= 0.6 is 15.9 Å². The lowest BCUT2D eigenvalue weighted by atomic mass is 10.3. The Kier molecular flexibility index (Phi) is 5.91. The Bertz CT molecular complexity index is 714. The Balaban J connectivity index is 1.58. The van der Waals surface area contributed by atoms with E-state index in [0.717, 1.165) is 36.5 Å². The van der Waals surface area contributed by atoms with Gasteiger partial charge in [0, 0.05) is 42.8 Å². The summed E-state index contributed by atoms with van der Waals surface area (Å²) in [5.74, 6) is 1.94. The standard InChI is InChI=1S/C17H23BrN6O/c1-3-19-17(20-10-16-21-12(2)25-23-16)22-14-8-9-24(11-14)15-6-4-13(18)5-7-15/h4-7,14H,3,8-11H2,1-2H3,(H2,19,20,22). The number of guanidine groups is 1. The molecule has 0 saturated carbocycles. The van der Waals surface area contributed by atoms with Gasteiger partial charge in [-0.05, 0) is 37.6 Å². The van der Waals surface area contributed by atoms with Crippen LogP contribution in [0.25, 0.3) is 0 Å². The number of anilines is 1. The molecule has 1 aromatic heterocycles. The van der Waals surface area contributed by atoms with Gasteiger partial charge in [0.05, 0.1) is 0 Å². The van der Waals surface area contributed by atoms with Crippen LogP contribution in [-0.4, -0.2) is 41.8 Å². The van der Waals surface area contributed by atoms with Crippen molar-refractivity contribution in [1.82, 2.24) is 20.8 Å². The monoisotopic (exact) mass is 406 g/mol. The second-order valence-electron chi connectivity index (χ2n) is 5.98. The van der Waals surface area contributed by atoms with E-state index in [1.54, 1.807) is 6.92 Å². The normalized spacial score (nSPS) is 17.8. The number of aliphatic imine (C=N–C) groups is 1. The van der Waals surface area contributed by atoms with Crippen LogP contribution in [0, 0.1) is 6.92 Å². The van der Waals surface area contributed by atoms with E-state index in [1.165, 1.54) is 5.69 Å². The molecule has 2 heterocycles. The summed E-state index contributed by atoms with van der Waals surface area (Å²) in [6.45, 7) is 7.02. The molecule has 8 heteroatoms. The highest BCUT2D eigenvalue weighted by atomic mass is 79.9. The van der Waals surface area contributed by atoms with Crippen molar-refractivity contribution in [3.05, 3.63) is 40.5 Å². The summed E-state index contributed by atoms with van der Waals surface area (Å²) in [7, 11) is 0. The number of nitrogens with zero attached hydrogens (tertiary/aromatic N) is 4. The largest absolute Gasteiger partial charge is 0.369 e. The first-order chi connectivity index (χ1) is 12.1. The first-order valence-corrected chi connectivity index (χ1v) is 9.28. The number of nitrogens with one attached hydrogen (secondary N) is 2. The zero-order chi connectivity index (χ0) is 17.6. The Morgan fingerprint density at radius 1 is 1.40 bits per heavy atom. The van der Waals surface area contributed by atoms with Crippen molar-refractivity contribution in [3.63, 3.8) is 0 Å². The van der Waals surface area contributed by atoms with Gasteiger partial charge in [-0.3, -0.25) is 0 Å². The van der Waals surface area contributed by atoms with Crippen molar-refractivity contribution in [2.45, 2.75) is 32.9 Å². The fourth-order valence-corrected chi connectivity index (χ4v) is 3.10. The van der Waals surface area contributed by atoms with Crippen LogP contribution in [0.1, 0.15) is 25.1 Å². The molecule has 2 aromatic rings. The van der Waals surface area contributed by atoms with E-state index in [2.05, 4.69) is 77.8 Å². The molecular weight excluding hydrogens is 384 g/mol. The molecule has 0 bridgehead atoms. The van der Waals surface area contributed by atoms with Gasteiger partial charge in [-0.25, -0.2) is 4.99 Å². The zero-order valence-electron chi connectivity index (χ0n) is 14.5. The molecule has 1 aromatic carbocycles. The van der Waals surface area contributed by atoms with Crippen LogP contribution in [0.3, 0.4) is 0 Å². The maximum Gasteiger partial charge on any atom is 0.223 e. The molecule has 1 aliphatic rings. The van der Waals surface area contributed by atoms with Crippen LogP contribution in [0.4, 0.5) is 5.69 Å². The molecule has 1 aliphatic heterocycles. The number of benzene rings is 1.